The molecule has 154 valence electrons. The zero-order valence-electron chi connectivity index (χ0n) is 16.1. The lowest BCUT2D eigenvalue weighted by atomic mass is 10.2. The predicted molar refractivity (Wildman–Crippen MR) is 98.2 cm³/mol. The predicted octanol–water partition coefficient (Wildman–Crippen LogP) is 3.22. The van der Waals surface area contributed by atoms with Crippen molar-refractivity contribution in [2.45, 2.75) is 33.3 Å². The Balaban J connectivity index is 1.58. The van der Waals surface area contributed by atoms with E-state index in [1.807, 2.05) is 20.9 Å². The smallest absolute Gasteiger partial charge is 0.416 e. The van der Waals surface area contributed by atoms with Crippen LogP contribution in [0, 0.1) is 13.8 Å². The van der Waals surface area contributed by atoms with Crippen molar-refractivity contribution in [3.63, 3.8) is 0 Å². The normalized spacial score (nSPS) is 11.5. The van der Waals surface area contributed by atoms with Gasteiger partial charge >= 0.3 is 6.18 Å². The van der Waals surface area contributed by atoms with Gasteiger partial charge < -0.3 is 10.1 Å². The van der Waals surface area contributed by atoms with Gasteiger partial charge in [-0.05, 0) is 38.1 Å². The largest absolute Gasteiger partial charge is 0.471 e. The van der Waals surface area contributed by atoms with Crippen molar-refractivity contribution < 1.29 is 22.7 Å². The number of carbonyl (C=O) groups is 1. The van der Waals surface area contributed by atoms with Gasteiger partial charge in [-0.2, -0.15) is 23.4 Å². The fourth-order valence-electron chi connectivity index (χ4n) is 2.79. The Morgan fingerprint density at radius 3 is 2.62 bits per heavy atom. The highest BCUT2D eigenvalue weighted by Gasteiger charge is 2.30. The van der Waals surface area contributed by atoms with E-state index in [1.165, 1.54) is 29.1 Å². The Morgan fingerprint density at radius 2 is 1.97 bits per heavy atom. The Morgan fingerprint density at radius 1 is 1.21 bits per heavy atom. The standard InChI is InChI=1S/C19H20F3N5O2/c1-12-16(13(2)26(3)24-12)10-23-18(28)17-7-8-27(25-17)11-29-15-6-4-5-14(9-15)19(20,21)22/h4-9H,10-11H2,1-3H3,(H,23,28). The van der Waals surface area contributed by atoms with Crippen molar-refractivity contribution >= 4 is 5.91 Å². The van der Waals surface area contributed by atoms with Gasteiger partial charge in [0.2, 0.25) is 0 Å². The molecule has 29 heavy (non-hydrogen) atoms. The number of aryl methyl sites for hydroxylation is 2. The van der Waals surface area contributed by atoms with Gasteiger partial charge in [0, 0.05) is 31.0 Å². The van der Waals surface area contributed by atoms with Crippen LogP contribution in [0.4, 0.5) is 13.2 Å². The van der Waals surface area contributed by atoms with Crippen molar-refractivity contribution in [3.8, 4) is 5.75 Å². The molecule has 0 aliphatic carbocycles. The van der Waals surface area contributed by atoms with Gasteiger partial charge in [0.25, 0.3) is 5.91 Å². The quantitative estimate of drug-likeness (QED) is 0.681. The van der Waals surface area contributed by atoms with Gasteiger partial charge in [-0.3, -0.25) is 9.48 Å². The molecule has 0 spiro atoms. The van der Waals surface area contributed by atoms with Crippen molar-refractivity contribution in [1.82, 2.24) is 24.9 Å². The number of nitrogens with one attached hydrogen (secondary N) is 1. The van der Waals surface area contributed by atoms with E-state index in [0.29, 0.717) is 6.54 Å². The molecule has 2 aromatic heterocycles. The van der Waals surface area contributed by atoms with Crippen LogP contribution >= 0.6 is 0 Å². The summed E-state index contributed by atoms with van der Waals surface area (Å²) in [6.45, 7) is 3.98. The molecule has 10 heteroatoms. The highest BCUT2D eigenvalue weighted by atomic mass is 19.4. The molecule has 1 N–H and O–H groups in total. The van der Waals surface area contributed by atoms with Crippen molar-refractivity contribution in [2.75, 3.05) is 0 Å². The molecule has 0 aliphatic rings. The second kappa shape index (κ2) is 7.98. The summed E-state index contributed by atoms with van der Waals surface area (Å²) in [5.41, 5.74) is 2.12. The first-order chi connectivity index (χ1) is 13.6. The lowest BCUT2D eigenvalue weighted by Gasteiger charge is -2.10. The maximum atomic E-state index is 12.7. The average Bonchev–Trinajstić information content (AvgIpc) is 3.23. The van der Waals surface area contributed by atoms with Crippen LogP contribution in [0.1, 0.15) is 33.0 Å². The number of hydrogen-bond donors (Lipinski definition) is 1. The molecule has 0 bridgehead atoms. The number of halogens is 3. The molecule has 2 heterocycles. The second-order valence-corrected chi connectivity index (χ2v) is 6.50. The van der Waals surface area contributed by atoms with E-state index in [2.05, 4.69) is 15.5 Å². The maximum absolute atomic E-state index is 12.7. The number of hydrogen-bond acceptors (Lipinski definition) is 4. The van der Waals surface area contributed by atoms with Crippen LogP contribution in [0.5, 0.6) is 5.75 Å². The minimum absolute atomic E-state index is 0.0591. The third kappa shape index (κ3) is 4.76. The first-order valence-corrected chi connectivity index (χ1v) is 8.76. The van der Waals surface area contributed by atoms with Gasteiger partial charge in [-0.15, -0.1) is 0 Å². The molecule has 1 amide bonds. The molecule has 0 saturated carbocycles. The minimum atomic E-state index is -4.44. The van der Waals surface area contributed by atoms with E-state index in [0.717, 1.165) is 29.1 Å². The zero-order valence-corrected chi connectivity index (χ0v) is 16.1. The topological polar surface area (TPSA) is 74.0 Å². The Kier molecular flexibility index (Phi) is 5.62. The van der Waals surface area contributed by atoms with Gasteiger partial charge in [-0.1, -0.05) is 6.07 Å². The number of aromatic nitrogens is 4. The summed E-state index contributed by atoms with van der Waals surface area (Å²) >= 11 is 0. The Bertz CT molecular complexity index is 1020. The monoisotopic (exact) mass is 407 g/mol. The third-order valence-electron chi connectivity index (χ3n) is 4.48. The molecular weight excluding hydrogens is 387 g/mol. The van der Waals surface area contributed by atoms with Crippen LogP contribution in [-0.4, -0.2) is 25.5 Å². The van der Waals surface area contributed by atoms with Crippen molar-refractivity contribution in [1.29, 1.82) is 0 Å². The molecule has 0 fully saturated rings. The van der Waals surface area contributed by atoms with Crippen LogP contribution in [-0.2, 0) is 26.5 Å². The number of benzene rings is 1. The first kappa shape index (κ1) is 20.4. The molecule has 3 rings (SSSR count). The summed E-state index contributed by atoms with van der Waals surface area (Å²) in [4.78, 5) is 12.3. The van der Waals surface area contributed by atoms with Gasteiger partial charge in [0.05, 0.1) is 11.3 Å². The first-order valence-electron chi connectivity index (χ1n) is 8.76. The number of rotatable bonds is 6. The molecule has 0 saturated heterocycles. The van der Waals surface area contributed by atoms with Crippen LogP contribution < -0.4 is 10.1 Å². The Hall–Kier alpha value is -3.30. The fraction of sp³-hybridized carbons (Fsp3) is 0.316. The number of carbonyl (C=O) groups excluding carboxylic acids is 1. The van der Waals surface area contributed by atoms with E-state index in [1.54, 1.807) is 4.68 Å². The van der Waals surface area contributed by atoms with Gasteiger partial charge in [0.15, 0.2) is 6.73 Å². The van der Waals surface area contributed by atoms with Gasteiger partial charge in [-0.25, -0.2) is 4.68 Å². The van der Waals surface area contributed by atoms with E-state index in [-0.39, 0.29) is 24.1 Å². The van der Waals surface area contributed by atoms with E-state index >= 15 is 0 Å². The molecule has 3 aromatic rings. The van der Waals surface area contributed by atoms with E-state index in [4.69, 9.17) is 4.74 Å². The number of nitrogens with zero attached hydrogens (tertiary/aromatic N) is 4. The minimum Gasteiger partial charge on any atom is -0.471 e. The maximum Gasteiger partial charge on any atom is 0.416 e. The molecule has 0 atom stereocenters. The van der Waals surface area contributed by atoms with Crippen LogP contribution in [0.25, 0.3) is 0 Å². The van der Waals surface area contributed by atoms with Crippen LogP contribution in [0.15, 0.2) is 36.5 Å². The lowest BCUT2D eigenvalue weighted by Crippen LogP contribution is -2.24. The highest BCUT2D eigenvalue weighted by molar-refractivity contribution is 5.92. The van der Waals surface area contributed by atoms with E-state index in [9.17, 15) is 18.0 Å². The molecule has 1 aromatic carbocycles. The number of ether oxygens (including phenoxy) is 1. The second-order valence-electron chi connectivity index (χ2n) is 6.50. The molecule has 0 radical (unpaired) electrons. The van der Waals surface area contributed by atoms with Crippen molar-refractivity contribution in [3.05, 3.63) is 64.7 Å². The molecular formula is C19H20F3N5O2. The summed E-state index contributed by atoms with van der Waals surface area (Å²) in [6, 6.07) is 6.08. The Labute approximate surface area is 165 Å². The summed E-state index contributed by atoms with van der Waals surface area (Å²) < 4.78 is 46.7. The van der Waals surface area contributed by atoms with E-state index < -0.39 is 11.7 Å². The zero-order chi connectivity index (χ0) is 21.2. The highest BCUT2D eigenvalue weighted by Crippen LogP contribution is 2.31. The summed E-state index contributed by atoms with van der Waals surface area (Å²) in [5, 5.41) is 11.2. The fourth-order valence-corrected chi connectivity index (χ4v) is 2.79. The number of amides is 1. The molecule has 7 nitrogen and oxygen atoms in total. The third-order valence-corrected chi connectivity index (χ3v) is 4.48. The average molecular weight is 407 g/mol. The van der Waals surface area contributed by atoms with Crippen LogP contribution in [0.2, 0.25) is 0 Å². The number of alkyl halides is 3. The SMILES string of the molecule is Cc1nn(C)c(C)c1CNC(=O)c1ccn(COc2cccc(C(F)(F)F)c2)n1. The van der Waals surface area contributed by atoms with Crippen molar-refractivity contribution in [2.24, 2.45) is 7.05 Å². The summed E-state index contributed by atoms with van der Waals surface area (Å²) in [5.74, 6) is -0.311. The van der Waals surface area contributed by atoms with Crippen LogP contribution in [0.3, 0.4) is 0 Å². The molecule has 0 unspecified atom stereocenters. The molecule has 0 aliphatic heterocycles. The summed E-state index contributed by atoms with van der Waals surface area (Å²) in [7, 11) is 1.83. The lowest BCUT2D eigenvalue weighted by molar-refractivity contribution is -0.137. The summed E-state index contributed by atoms with van der Waals surface area (Å²) in [6.07, 6.45) is -2.93. The van der Waals surface area contributed by atoms with Gasteiger partial charge in [0.1, 0.15) is 11.4 Å².